The van der Waals surface area contributed by atoms with Crippen molar-refractivity contribution in [2.24, 2.45) is 0 Å². The van der Waals surface area contributed by atoms with E-state index >= 15 is 0 Å². The fourth-order valence-electron chi connectivity index (χ4n) is 1.11. The summed E-state index contributed by atoms with van der Waals surface area (Å²) >= 11 is 0. The molecule has 0 N–H and O–H groups in total. The molecule has 0 amide bonds. The van der Waals surface area contributed by atoms with E-state index in [1.165, 1.54) is 0 Å². The van der Waals surface area contributed by atoms with Crippen LogP contribution in [-0.4, -0.2) is 0 Å². The Hall–Kier alpha value is -1.29. The van der Waals surface area contributed by atoms with E-state index in [2.05, 4.69) is 5.92 Å². The Morgan fingerprint density at radius 2 is 2.08 bits per heavy atom. The molecule has 0 aliphatic carbocycles. The van der Waals surface area contributed by atoms with Crippen molar-refractivity contribution < 1.29 is 4.39 Å². The fourth-order valence-corrected chi connectivity index (χ4v) is 1.11. The highest BCUT2D eigenvalue weighted by molar-refractivity contribution is 5.38. The van der Waals surface area contributed by atoms with E-state index in [9.17, 15) is 4.39 Å². The average molecular weight is 162 g/mol. The Morgan fingerprint density at radius 3 is 2.58 bits per heavy atom. The van der Waals surface area contributed by atoms with Crippen LogP contribution in [0.3, 0.4) is 0 Å². The molecule has 0 aliphatic rings. The van der Waals surface area contributed by atoms with Gasteiger partial charge in [0.25, 0.3) is 0 Å². The summed E-state index contributed by atoms with van der Waals surface area (Å²) in [4.78, 5) is 0. The van der Waals surface area contributed by atoms with Gasteiger partial charge in [-0.25, -0.2) is 4.39 Å². The standard InChI is InChI=1S/C11H11F/c1-4-9-6-5-7-10(8(2)3)11(9)12/h1,5-8H,2-3H3. The summed E-state index contributed by atoms with van der Waals surface area (Å²) < 4.78 is 13.4. The minimum atomic E-state index is -0.255. The van der Waals surface area contributed by atoms with Gasteiger partial charge in [0.05, 0.1) is 5.56 Å². The van der Waals surface area contributed by atoms with Crippen LogP contribution in [0, 0.1) is 18.2 Å². The molecule has 1 rings (SSSR count). The van der Waals surface area contributed by atoms with E-state index in [0.29, 0.717) is 11.1 Å². The van der Waals surface area contributed by atoms with Crippen molar-refractivity contribution in [2.45, 2.75) is 19.8 Å². The molecule has 0 spiro atoms. The minimum absolute atomic E-state index is 0.179. The largest absolute Gasteiger partial charge is 0.205 e. The van der Waals surface area contributed by atoms with Crippen molar-refractivity contribution in [1.29, 1.82) is 0 Å². The van der Waals surface area contributed by atoms with Crippen LogP contribution in [0.1, 0.15) is 30.9 Å². The van der Waals surface area contributed by atoms with Crippen molar-refractivity contribution in [3.8, 4) is 12.3 Å². The normalized spacial score (nSPS) is 9.92. The Bertz CT molecular complexity index is 318. The maximum atomic E-state index is 13.4. The molecule has 0 atom stereocenters. The first kappa shape index (κ1) is 8.80. The van der Waals surface area contributed by atoms with Crippen LogP contribution in [0.2, 0.25) is 0 Å². The van der Waals surface area contributed by atoms with Crippen LogP contribution in [-0.2, 0) is 0 Å². The number of hydrogen-bond acceptors (Lipinski definition) is 0. The summed E-state index contributed by atoms with van der Waals surface area (Å²) in [5.74, 6) is 2.24. The monoisotopic (exact) mass is 162 g/mol. The van der Waals surface area contributed by atoms with Crippen LogP contribution < -0.4 is 0 Å². The average Bonchev–Trinajstić information content (AvgIpc) is 2.04. The topological polar surface area (TPSA) is 0 Å². The molecular formula is C11H11F. The predicted molar refractivity (Wildman–Crippen MR) is 48.4 cm³/mol. The summed E-state index contributed by atoms with van der Waals surface area (Å²) in [6.45, 7) is 3.89. The van der Waals surface area contributed by atoms with Gasteiger partial charge in [-0.1, -0.05) is 31.9 Å². The van der Waals surface area contributed by atoms with Gasteiger partial charge in [-0.3, -0.25) is 0 Å². The van der Waals surface area contributed by atoms with Gasteiger partial charge < -0.3 is 0 Å². The van der Waals surface area contributed by atoms with Gasteiger partial charge in [-0.15, -0.1) is 6.42 Å². The first-order valence-corrected chi connectivity index (χ1v) is 3.92. The molecule has 0 saturated carbocycles. The molecule has 1 heteroatoms. The quantitative estimate of drug-likeness (QED) is 0.557. The second kappa shape index (κ2) is 3.40. The second-order valence-corrected chi connectivity index (χ2v) is 3.01. The molecule has 0 unspecified atom stereocenters. The lowest BCUT2D eigenvalue weighted by molar-refractivity contribution is 0.595. The SMILES string of the molecule is C#Cc1cccc(C(C)C)c1F. The lowest BCUT2D eigenvalue weighted by Crippen LogP contribution is -1.95. The summed E-state index contributed by atoms with van der Waals surface area (Å²) in [6.07, 6.45) is 5.13. The van der Waals surface area contributed by atoms with Crippen molar-refractivity contribution in [3.05, 3.63) is 35.1 Å². The first-order chi connectivity index (χ1) is 5.66. The van der Waals surface area contributed by atoms with Crippen molar-refractivity contribution in [2.75, 3.05) is 0 Å². The zero-order chi connectivity index (χ0) is 9.14. The third-order valence-electron chi connectivity index (χ3n) is 1.81. The first-order valence-electron chi connectivity index (χ1n) is 3.92. The highest BCUT2D eigenvalue weighted by atomic mass is 19.1. The number of terminal acetylenes is 1. The molecule has 0 aliphatic heterocycles. The van der Waals surface area contributed by atoms with Crippen LogP contribution in [0.25, 0.3) is 0 Å². The van der Waals surface area contributed by atoms with Gasteiger partial charge in [-0.05, 0) is 17.5 Å². The zero-order valence-electron chi connectivity index (χ0n) is 7.26. The van der Waals surface area contributed by atoms with Crippen LogP contribution >= 0.6 is 0 Å². The molecular weight excluding hydrogens is 151 g/mol. The zero-order valence-corrected chi connectivity index (χ0v) is 7.26. The number of rotatable bonds is 1. The number of benzene rings is 1. The van der Waals surface area contributed by atoms with Crippen LogP contribution in [0.5, 0.6) is 0 Å². The highest BCUT2D eigenvalue weighted by Crippen LogP contribution is 2.20. The van der Waals surface area contributed by atoms with E-state index in [1.54, 1.807) is 18.2 Å². The Labute approximate surface area is 72.4 Å². The van der Waals surface area contributed by atoms with Crippen molar-refractivity contribution in [3.63, 3.8) is 0 Å². The third kappa shape index (κ3) is 1.48. The highest BCUT2D eigenvalue weighted by Gasteiger charge is 2.08. The van der Waals surface area contributed by atoms with Crippen molar-refractivity contribution >= 4 is 0 Å². The second-order valence-electron chi connectivity index (χ2n) is 3.01. The minimum Gasteiger partial charge on any atom is -0.205 e. The van der Waals surface area contributed by atoms with Crippen LogP contribution in [0.4, 0.5) is 4.39 Å². The van der Waals surface area contributed by atoms with Crippen LogP contribution in [0.15, 0.2) is 18.2 Å². The van der Waals surface area contributed by atoms with Gasteiger partial charge in [-0.2, -0.15) is 0 Å². The van der Waals surface area contributed by atoms with Crippen molar-refractivity contribution in [1.82, 2.24) is 0 Å². The van der Waals surface area contributed by atoms with E-state index in [-0.39, 0.29) is 11.7 Å². The lowest BCUT2D eigenvalue weighted by atomic mass is 10.0. The summed E-state index contributed by atoms with van der Waals surface area (Å²) in [6, 6.07) is 5.16. The molecule has 0 heterocycles. The van der Waals surface area contributed by atoms with E-state index in [0.717, 1.165) is 0 Å². The summed E-state index contributed by atoms with van der Waals surface area (Å²) in [7, 11) is 0. The van der Waals surface area contributed by atoms with E-state index in [1.807, 2.05) is 13.8 Å². The molecule has 0 bridgehead atoms. The van der Waals surface area contributed by atoms with Gasteiger partial charge >= 0.3 is 0 Å². The summed E-state index contributed by atoms with van der Waals surface area (Å²) in [5, 5.41) is 0. The van der Waals surface area contributed by atoms with E-state index < -0.39 is 0 Å². The molecule has 1 aromatic carbocycles. The third-order valence-corrected chi connectivity index (χ3v) is 1.81. The predicted octanol–water partition coefficient (Wildman–Crippen LogP) is 2.93. The van der Waals surface area contributed by atoms with Gasteiger partial charge in [0.1, 0.15) is 5.82 Å². The molecule has 12 heavy (non-hydrogen) atoms. The summed E-state index contributed by atoms with van der Waals surface area (Å²) in [5.41, 5.74) is 1.03. The molecule has 1 aromatic rings. The Kier molecular flexibility index (Phi) is 2.50. The maximum absolute atomic E-state index is 13.4. The Balaban J connectivity index is 3.25. The maximum Gasteiger partial charge on any atom is 0.142 e. The lowest BCUT2D eigenvalue weighted by Gasteiger charge is -2.07. The molecule has 62 valence electrons. The molecule has 0 fully saturated rings. The van der Waals surface area contributed by atoms with E-state index in [4.69, 9.17) is 6.42 Å². The van der Waals surface area contributed by atoms with Gasteiger partial charge in [0.15, 0.2) is 0 Å². The van der Waals surface area contributed by atoms with Gasteiger partial charge in [0.2, 0.25) is 0 Å². The molecule has 0 radical (unpaired) electrons. The fraction of sp³-hybridized carbons (Fsp3) is 0.273. The molecule has 0 aromatic heterocycles. The molecule has 0 saturated heterocycles. The number of halogens is 1. The Morgan fingerprint density at radius 1 is 1.42 bits per heavy atom. The number of hydrogen-bond donors (Lipinski definition) is 0. The smallest absolute Gasteiger partial charge is 0.142 e. The van der Waals surface area contributed by atoms with Gasteiger partial charge in [0, 0.05) is 0 Å². The molecule has 0 nitrogen and oxygen atoms in total.